The van der Waals surface area contributed by atoms with E-state index in [-0.39, 0.29) is 4.90 Å². The SMILES string of the molecule is CCNC(C)CCCCS(=O)c1cc(F)ccc1F. The van der Waals surface area contributed by atoms with Crippen LogP contribution in [0.5, 0.6) is 0 Å². The van der Waals surface area contributed by atoms with Crippen molar-refractivity contribution in [2.75, 3.05) is 12.3 Å². The summed E-state index contributed by atoms with van der Waals surface area (Å²) in [6.45, 7) is 5.09. The second kappa shape index (κ2) is 8.38. The van der Waals surface area contributed by atoms with Crippen LogP contribution in [-0.2, 0) is 10.8 Å². The second-order valence-electron chi connectivity index (χ2n) is 4.58. The summed E-state index contributed by atoms with van der Waals surface area (Å²) in [5.74, 6) is -0.773. The van der Waals surface area contributed by atoms with Crippen molar-refractivity contribution < 1.29 is 13.0 Å². The Hall–Kier alpha value is -0.810. The normalized spacial score (nSPS) is 14.3. The third-order valence-electron chi connectivity index (χ3n) is 2.91. The fraction of sp³-hybridized carbons (Fsp3) is 0.571. The average molecular weight is 289 g/mol. The number of nitrogens with one attached hydrogen (secondary N) is 1. The maximum atomic E-state index is 13.4. The Labute approximate surface area is 116 Å². The van der Waals surface area contributed by atoms with E-state index in [1.165, 1.54) is 0 Å². The minimum absolute atomic E-state index is 0.0280. The summed E-state index contributed by atoms with van der Waals surface area (Å²) in [6.07, 6.45) is 2.67. The summed E-state index contributed by atoms with van der Waals surface area (Å²) in [5.41, 5.74) is 0. The molecule has 0 aliphatic heterocycles. The van der Waals surface area contributed by atoms with Crippen LogP contribution < -0.4 is 5.32 Å². The summed E-state index contributed by atoms with van der Waals surface area (Å²) < 4.78 is 38.2. The van der Waals surface area contributed by atoms with Crippen molar-refractivity contribution in [2.45, 2.75) is 44.0 Å². The fourth-order valence-corrected chi connectivity index (χ4v) is 3.11. The lowest BCUT2D eigenvalue weighted by Crippen LogP contribution is -2.25. The molecule has 1 N–H and O–H groups in total. The molecule has 1 aromatic rings. The Bertz CT molecular complexity index is 426. The molecule has 2 nitrogen and oxygen atoms in total. The van der Waals surface area contributed by atoms with Crippen LogP contribution in [0, 0.1) is 11.6 Å². The maximum absolute atomic E-state index is 13.4. The molecule has 1 aromatic carbocycles. The van der Waals surface area contributed by atoms with Crippen molar-refractivity contribution in [1.82, 2.24) is 5.32 Å². The molecule has 0 aliphatic carbocycles. The lowest BCUT2D eigenvalue weighted by atomic mass is 10.1. The number of hydrogen-bond acceptors (Lipinski definition) is 2. The molecule has 2 unspecified atom stereocenters. The predicted octanol–water partition coefficient (Wildman–Crippen LogP) is 3.24. The van der Waals surface area contributed by atoms with Crippen molar-refractivity contribution >= 4 is 10.8 Å². The van der Waals surface area contributed by atoms with Crippen molar-refractivity contribution in [2.24, 2.45) is 0 Å². The van der Waals surface area contributed by atoms with E-state index in [1.54, 1.807) is 0 Å². The summed E-state index contributed by atoms with van der Waals surface area (Å²) in [4.78, 5) is -0.0280. The highest BCUT2D eigenvalue weighted by atomic mass is 32.2. The van der Waals surface area contributed by atoms with Crippen LogP contribution in [0.4, 0.5) is 8.78 Å². The van der Waals surface area contributed by atoms with Gasteiger partial charge in [0.05, 0.1) is 15.7 Å². The molecule has 1 rings (SSSR count). The molecule has 0 spiro atoms. The Morgan fingerprint density at radius 2 is 2.05 bits per heavy atom. The second-order valence-corrected chi connectivity index (χ2v) is 6.12. The van der Waals surface area contributed by atoms with Crippen LogP contribution in [0.25, 0.3) is 0 Å². The molecule has 0 aromatic heterocycles. The first kappa shape index (κ1) is 16.2. The van der Waals surface area contributed by atoms with Gasteiger partial charge in [-0.15, -0.1) is 0 Å². The Morgan fingerprint density at radius 3 is 2.74 bits per heavy atom. The third kappa shape index (κ3) is 5.78. The van der Waals surface area contributed by atoms with Gasteiger partial charge in [0.15, 0.2) is 0 Å². The van der Waals surface area contributed by atoms with Crippen LogP contribution in [0.1, 0.15) is 33.1 Å². The first-order valence-electron chi connectivity index (χ1n) is 6.61. The van der Waals surface area contributed by atoms with Gasteiger partial charge >= 0.3 is 0 Å². The first-order valence-corrected chi connectivity index (χ1v) is 7.93. The van der Waals surface area contributed by atoms with E-state index in [0.717, 1.165) is 44.0 Å². The number of rotatable bonds is 8. The van der Waals surface area contributed by atoms with Crippen LogP contribution >= 0.6 is 0 Å². The van der Waals surface area contributed by atoms with Gasteiger partial charge in [-0.3, -0.25) is 4.21 Å². The highest BCUT2D eigenvalue weighted by Crippen LogP contribution is 2.15. The highest BCUT2D eigenvalue weighted by Gasteiger charge is 2.11. The van der Waals surface area contributed by atoms with E-state index in [2.05, 4.69) is 19.2 Å². The molecule has 0 fully saturated rings. The van der Waals surface area contributed by atoms with E-state index in [1.807, 2.05) is 0 Å². The lowest BCUT2D eigenvalue weighted by Gasteiger charge is -2.11. The zero-order valence-corrected chi connectivity index (χ0v) is 12.2. The maximum Gasteiger partial charge on any atom is 0.139 e. The Balaban J connectivity index is 2.37. The monoisotopic (exact) mass is 289 g/mol. The molecule has 19 heavy (non-hydrogen) atoms. The van der Waals surface area contributed by atoms with Crippen LogP contribution in [0.3, 0.4) is 0 Å². The van der Waals surface area contributed by atoms with Gasteiger partial charge in [0.25, 0.3) is 0 Å². The average Bonchev–Trinajstić information content (AvgIpc) is 2.37. The third-order valence-corrected chi connectivity index (χ3v) is 4.37. The van der Waals surface area contributed by atoms with Gasteiger partial charge in [-0.1, -0.05) is 13.3 Å². The van der Waals surface area contributed by atoms with E-state index < -0.39 is 22.4 Å². The number of unbranched alkanes of at least 4 members (excludes halogenated alkanes) is 1. The van der Waals surface area contributed by atoms with Crippen LogP contribution in [-0.4, -0.2) is 22.5 Å². The Morgan fingerprint density at radius 1 is 1.32 bits per heavy atom. The zero-order valence-electron chi connectivity index (χ0n) is 11.4. The van der Waals surface area contributed by atoms with E-state index in [4.69, 9.17) is 0 Å². The van der Waals surface area contributed by atoms with Crippen LogP contribution in [0.15, 0.2) is 23.1 Å². The largest absolute Gasteiger partial charge is 0.315 e. The smallest absolute Gasteiger partial charge is 0.139 e. The lowest BCUT2D eigenvalue weighted by molar-refractivity contribution is 0.509. The molecule has 0 amide bonds. The molecule has 0 heterocycles. The van der Waals surface area contributed by atoms with Gasteiger partial charge in [0.2, 0.25) is 0 Å². The molecule has 108 valence electrons. The predicted molar refractivity (Wildman–Crippen MR) is 74.6 cm³/mol. The van der Waals surface area contributed by atoms with Gasteiger partial charge in [-0.05, 0) is 44.5 Å². The van der Waals surface area contributed by atoms with Crippen molar-refractivity contribution in [1.29, 1.82) is 0 Å². The summed E-state index contributed by atoms with van der Waals surface area (Å²) >= 11 is 0. The van der Waals surface area contributed by atoms with E-state index in [0.29, 0.717) is 11.8 Å². The summed E-state index contributed by atoms with van der Waals surface area (Å²) in [6, 6.07) is 3.51. The van der Waals surface area contributed by atoms with E-state index in [9.17, 15) is 13.0 Å². The molecular formula is C14H21F2NOS. The van der Waals surface area contributed by atoms with Crippen molar-refractivity contribution in [3.63, 3.8) is 0 Å². The molecule has 0 saturated heterocycles. The molecule has 5 heteroatoms. The number of halogens is 2. The number of hydrogen-bond donors (Lipinski definition) is 1. The minimum atomic E-state index is -1.46. The number of benzene rings is 1. The van der Waals surface area contributed by atoms with Gasteiger partial charge in [-0.25, -0.2) is 8.78 Å². The van der Waals surface area contributed by atoms with Gasteiger partial charge in [0.1, 0.15) is 11.6 Å². The van der Waals surface area contributed by atoms with Crippen molar-refractivity contribution in [3.05, 3.63) is 29.8 Å². The summed E-state index contributed by atoms with van der Waals surface area (Å²) in [5, 5.41) is 3.30. The topological polar surface area (TPSA) is 29.1 Å². The Kier molecular flexibility index (Phi) is 7.16. The fourth-order valence-electron chi connectivity index (χ4n) is 1.90. The molecule has 0 radical (unpaired) electrons. The van der Waals surface area contributed by atoms with E-state index >= 15 is 0 Å². The summed E-state index contributed by atoms with van der Waals surface area (Å²) in [7, 11) is -1.46. The standard InChI is InChI=1S/C14H21F2NOS/c1-3-17-11(2)6-4-5-9-19(18)14-10-12(15)7-8-13(14)16/h7-8,10-11,17H,3-6,9H2,1-2H3. The first-order chi connectivity index (χ1) is 9.04. The molecule has 0 saturated carbocycles. The highest BCUT2D eigenvalue weighted by molar-refractivity contribution is 7.85. The molecular weight excluding hydrogens is 268 g/mol. The zero-order chi connectivity index (χ0) is 14.3. The molecule has 0 bridgehead atoms. The quantitative estimate of drug-likeness (QED) is 0.744. The van der Waals surface area contributed by atoms with Gasteiger partial charge in [-0.2, -0.15) is 0 Å². The van der Waals surface area contributed by atoms with Crippen LogP contribution in [0.2, 0.25) is 0 Å². The minimum Gasteiger partial charge on any atom is -0.315 e. The van der Waals surface area contributed by atoms with Crippen molar-refractivity contribution in [3.8, 4) is 0 Å². The van der Waals surface area contributed by atoms with Gasteiger partial charge < -0.3 is 5.32 Å². The molecule has 2 atom stereocenters. The molecule has 0 aliphatic rings. The van der Waals surface area contributed by atoms with Gasteiger partial charge in [0, 0.05) is 11.8 Å².